The van der Waals surface area contributed by atoms with Crippen LogP contribution in [0.3, 0.4) is 0 Å². The summed E-state index contributed by atoms with van der Waals surface area (Å²) >= 11 is 5.30. The van der Waals surface area contributed by atoms with Gasteiger partial charge in [-0.25, -0.2) is 0 Å². The molecule has 1 aromatic heterocycles. The average molecular weight is 389 g/mol. The first-order chi connectivity index (χ1) is 13.1. The largest absolute Gasteiger partial charge is 0.487 e. The van der Waals surface area contributed by atoms with Crippen molar-refractivity contribution in [3.8, 4) is 5.75 Å². The number of nitrogens with one attached hydrogen (secondary N) is 1. The van der Waals surface area contributed by atoms with E-state index in [0.29, 0.717) is 22.9 Å². The summed E-state index contributed by atoms with van der Waals surface area (Å²) in [5.41, 5.74) is 0.527. The zero-order valence-corrected chi connectivity index (χ0v) is 16.1. The number of nitro benzene ring substituents is 1. The fraction of sp³-hybridized carbons (Fsp3) is 0.500. The minimum absolute atomic E-state index is 0.0734. The molecule has 144 valence electrons. The Morgan fingerprint density at radius 2 is 2.22 bits per heavy atom. The maximum atomic E-state index is 11.3. The Balaban J connectivity index is 1.86. The molecule has 1 aliphatic rings. The highest BCUT2D eigenvalue weighted by molar-refractivity contribution is 7.71. The molecule has 0 saturated heterocycles. The van der Waals surface area contributed by atoms with E-state index in [9.17, 15) is 10.1 Å². The zero-order valence-electron chi connectivity index (χ0n) is 15.3. The van der Waals surface area contributed by atoms with Crippen molar-refractivity contribution >= 4 is 24.1 Å². The Hall–Kier alpha value is -2.55. The second-order valence-electron chi connectivity index (χ2n) is 6.61. The molecular formula is C18H23N5O3S. The topological polar surface area (TPSA) is 98.3 Å². The molecule has 0 bridgehead atoms. The number of nitro groups is 1. The van der Waals surface area contributed by atoms with E-state index < -0.39 is 4.92 Å². The highest BCUT2D eigenvalue weighted by Gasteiger charge is 2.21. The molecule has 8 nitrogen and oxygen atoms in total. The molecular weight excluding hydrogens is 366 g/mol. The average Bonchev–Trinajstić information content (AvgIpc) is 3.06. The van der Waals surface area contributed by atoms with Crippen LogP contribution in [0.1, 0.15) is 62.8 Å². The van der Waals surface area contributed by atoms with Crippen LogP contribution in [0.15, 0.2) is 23.3 Å². The maximum Gasteiger partial charge on any atom is 0.311 e. The van der Waals surface area contributed by atoms with Crippen molar-refractivity contribution in [1.82, 2.24) is 14.9 Å². The first-order valence-electron chi connectivity index (χ1n) is 9.23. The van der Waals surface area contributed by atoms with Gasteiger partial charge in [-0.1, -0.05) is 26.2 Å². The monoisotopic (exact) mass is 389 g/mol. The van der Waals surface area contributed by atoms with Gasteiger partial charge in [-0.15, -0.1) is 0 Å². The Morgan fingerprint density at radius 3 is 2.93 bits per heavy atom. The van der Waals surface area contributed by atoms with Crippen LogP contribution in [0.4, 0.5) is 5.69 Å². The van der Waals surface area contributed by atoms with Crippen molar-refractivity contribution in [3.05, 3.63) is 44.5 Å². The van der Waals surface area contributed by atoms with E-state index in [1.165, 1.54) is 25.3 Å². The first-order valence-corrected chi connectivity index (χ1v) is 9.64. The van der Waals surface area contributed by atoms with Gasteiger partial charge in [0.1, 0.15) is 0 Å². The van der Waals surface area contributed by atoms with Crippen LogP contribution < -0.4 is 4.74 Å². The molecule has 2 aromatic rings. The van der Waals surface area contributed by atoms with Crippen molar-refractivity contribution in [3.63, 3.8) is 0 Å². The second kappa shape index (κ2) is 8.90. The summed E-state index contributed by atoms with van der Waals surface area (Å²) in [7, 11) is 0. The molecule has 9 heteroatoms. The molecule has 1 aromatic carbocycles. The van der Waals surface area contributed by atoms with E-state index in [1.807, 2.05) is 6.92 Å². The van der Waals surface area contributed by atoms with Gasteiger partial charge in [-0.3, -0.25) is 15.2 Å². The molecule has 0 amide bonds. The van der Waals surface area contributed by atoms with Crippen LogP contribution in [0.25, 0.3) is 0 Å². The Kier molecular flexibility index (Phi) is 6.33. The summed E-state index contributed by atoms with van der Waals surface area (Å²) in [4.78, 5) is 10.9. The number of aromatic amines is 1. The number of ether oxygens (including phenoxy) is 1. The highest BCUT2D eigenvalue weighted by atomic mass is 32.1. The predicted molar refractivity (Wildman–Crippen MR) is 105 cm³/mol. The van der Waals surface area contributed by atoms with Gasteiger partial charge in [0.2, 0.25) is 4.77 Å². The summed E-state index contributed by atoms with van der Waals surface area (Å²) < 4.78 is 7.49. The Bertz CT molecular complexity index is 883. The van der Waals surface area contributed by atoms with Crippen LogP contribution in [-0.2, 0) is 0 Å². The molecule has 0 atom stereocenters. The Morgan fingerprint density at radius 1 is 1.44 bits per heavy atom. The molecule has 27 heavy (non-hydrogen) atoms. The van der Waals surface area contributed by atoms with Gasteiger partial charge in [-0.2, -0.15) is 14.9 Å². The van der Waals surface area contributed by atoms with Gasteiger partial charge in [0.25, 0.3) is 0 Å². The highest BCUT2D eigenvalue weighted by Crippen LogP contribution is 2.31. The van der Waals surface area contributed by atoms with Crippen LogP contribution in [0, 0.1) is 14.9 Å². The van der Waals surface area contributed by atoms with E-state index in [1.54, 1.807) is 23.0 Å². The standard InChI is InChI=1S/C18H23N5O3S/c1-2-10-26-16-9-8-13(11-15(16)23(24)25)12-19-22-17(20-21-18(22)27)14-6-4-3-5-7-14/h8-9,11-12,14H,2-7,10H2,1H3,(H,21,27)/b19-12-. The molecule has 0 unspecified atom stereocenters. The number of H-pyrrole nitrogens is 1. The summed E-state index contributed by atoms with van der Waals surface area (Å²) in [6, 6.07) is 4.80. The normalized spacial score (nSPS) is 15.3. The lowest BCUT2D eigenvalue weighted by Gasteiger charge is -2.19. The zero-order chi connectivity index (χ0) is 19.2. The lowest BCUT2D eigenvalue weighted by molar-refractivity contribution is -0.385. The van der Waals surface area contributed by atoms with Crippen molar-refractivity contribution in [1.29, 1.82) is 0 Å². The van der Waals surface area contributed by atoms with Crippen LogP contribution >= 0.6 is 12.2 Å². The molecule has 0 radical (unpaired) electrons. The van der Waals surface area contributed by atoms with Crippen LogP contribution in [0.5, 0.6) is 5.75 Å². The van der Waals surface area contributed by atoms with Crippen molar-refractivity contribution < 1.29 is 9.66 Å². The lowest BCUT2D eigenvalue weighted by Crippen LogP contribution is -2.10. The smallest absolute Gasteiger partial charge is 0.311 e. The maximum absolute atomic E-state index is 11.3. The summed E-state index contributed by atoms with van der Waals surface area (Å²) in [5.74, 6) is 1.43. The minimum Gasteiger partial charge on any atom is -0.487 e. The lowest BCUT2D eigenvalue weighted by atomic mass is 9.89. The number of benzene rings is 1. The number of rotatable bonds is 7. The third-order valence-electron chi connectivity index (χ3n) is 4.61. The molecule has 3 rings (SSSR count). The fourth-order valence-corrected chi connectivity index (χ4v) is 3.44. The van der Waals surface area contributed by atoms with Gasteiger partial charge in [-0.05, 0) is 43.6 Å². The fourth-order valence-electron chi connectivity index (χ4n) is 3.26. The van der Waals surface area contributed by atoms with E-state index >= 15 is 0 Å². The molecule has 1 saturated carbocycles. The molecule has 0 spiro atoms. The Labute approximate surface area is 162 Å². The molecule has 1 N–H and O–H groups in total. The van der Waals surface area contributed by atoms with E-state index in [4.69, 9.17) is 17.0 Å². The van der Waals surface area contributed by atoms with E-state index in [2.05, 4.69) is 15.3 Å². The summed E-state index contributed by atoms with van der Waals surface area (Å²) in [6.45, 7) is 2.38. The van der Waals surface area contributed by atoms with Crippen molar-refractivity contribution in [2.75, 3.05) is 6.61 Å². The number of nitrogens with zero attached hydrogens (tertiary/aromatic N) is 4. The van der Waals surface area contributed by atoms with Crippen LogP contribution in [0.2, 0.25) is 0 Å². The summed E-state index contributed by atoms with van der Waals surface area (Å²) in [5, 5.41) is 22.9. The van der Waals surface area contributed by atoms with Gasteiger partial charge in [0, 0.05) is 17.5 Å². The third kappa shape index (κ3) is 4.60. The van der Waals surface area contributed by atoms with Gasteiger partial charge in [0.05, 0.1) is 17.7 Å². The van der Waals surface area contributed by atoms with E-state index in [-0.39, 0.29) is 11.4 Å². The van der Waals surface area contributed by atoms with Gasteiger partial charge >= 0.3 is 5.69 Å². The number of hydrogen-bond acceptors (Lipinski definition) is 6. The second-order valence-corrected chi connectivity index (χ2v) is 7.00. The van der Waals surface area contributed by atoms with Gasteiger partial charge < -0.3 is 4.74 Å². The summed E-state index contributed by atoms with van der Waals surface area (Å²) in [6.07, 6.45) is 8.10. The molecule has 1 aliphatic carbocycles. The molecule has 1 fully saturated rings. The quantitative estimate of drug-likeness (QED) is 0.324. The minimum atomic E-state index is -0.445. The van der Waals surface area contributed by atoms with Gasteiger partial charge in [0.15, 0.2) is 11.6 Å². The predicted octanol–water partition coefficient (Wildman–Crippen LogP) is 4.57. The van der Waals surface area contributed by atoms with E-state index in [0.717, 1.165) is 25.1 Å². The van der Waals surface area contributed by atoms with Crippen molar-refractivity contribution in [2.45, 2.75) is 51.4 Å². The van der Waals surface area contributed by atoms with Crippen LogP contribution in [-0.4, -0.2) is 32.6 Å². The third-order valence-corrected chi connectivity index (χ3v) is 4.87. The SMILES string of the molecule is CCCOc1ccc(/C=N\n2c(C3CCCCC3)n[nH]c2=S)cc1[N+](=O)[O-]. The molecule has 0 aliphatic heterocycles. The number of aromatic nitrogens is 3. The van der Waals surface area contributed by atoms with Crippen molar-refractivity contribution in [2.24, 2.45) is 5.10 Å². The molecule has 1 heterocycles. The first kappa shape index (κ1) is 19.2. The number of hydrogen-bond donors (Lipinski definition) is 1.